The monoisotopic (exact) mass is 407 g/mol. The number of esters is 2. The fourth-order valence-electron chi connectivity index (χ4n) is 2.63. The maximum Gasteiger partial charge on any atom is 0.339 e. The molecule has 0 atom stereocenters. The number of hydrogen-bond donors (Lipinski definition) is 1. The molecule has 9 heteroatoms. The van der Waals surface area contributed by atoms with Gasteiger partial charge in [-0.2, -0.15) is 0 Å². The molecule has 8 nitrogen and oxygen atoms in total. The van der Waals surface area contributed by atoms with Crippen LogP contribution < -0.4 is 9.46 Å². The number of hydrogen-bond acceptors (Lipinski definition) is 7. The first-order chi connectivity index (χ1) is 13.1. The highest BCUT2D eigenvalue weighted by atomic mass is 32.2. The smallest absolute Gasteiger partial charge is 0.339 e. The van der Waals surface area contributed by atoms with E-state index in [0.29, 0.717) is 16.9 Å². The molecule has 0 aromatic heterocycles. The van der Waals surface area contributed by atoms with Crippen LogP contribution in [0.2, 0.25) is 0 Å². The summed E-state index contributed by atoms with van der Waals surface area (Å²) < 4.78 is 42.8. The lowest BCUT2D eigenvalue weighted by molar-refractivity contribution is 0.0587. The Balaban J connectivity index is 2.57. The van der Waals surface area contributed by atoms with Crippen LogP contribution >= 0.6 is 0 Å². The maximum absolute atomic E-state index is 13.0. The number of methoxy groups -OCH3 is 3. The van der Waals surface area contributed by atoms with Crippen molar-refractivity contribution in [3.63, 3.8) is 0 Å². The molecule has 0 aliphatic heterocycles. The highest BCUT2D eigenvalue weighted by molar-refractivity contribution is 7.92. The summed E-state index contributed by atoms with van der Waals surface area (Å²) in [5.74, 6) is -0.871. The SMILES string of the molecule is COC(=O)c1ccc(C(=O)OC)c(NS(=O)(=O)c2cc(C)c(OC)cc2C)c1. The Morgan fingerprint density at radius 2 is 1.54 bits per heavy atom. The van der Waals surface area contributed by atoms with Crippen molar-refractivity contribution in [2.75, 3.05) is 26.1 Å². The number of carbonyl (C=O) groups excluding carboxylic acids is 2. The predicted octanol–water partition coefficient (Wildman–Crippen LogP) is 2.69. The molecule has 0 bridgehead atoms. The zero-order valence-corrected chi connectivity index (χ0v) is 17.0. The van der Waals surface area contributed by atoms with Gasteiger partial charge >= 0.3 is 11.9 Å². The van der Waals surface area contributed by atoms with Crippen molar-refractivity contribution < 1.29 is 32.2 Å². The Labute approximate surface area is 163 Å². The molecule has 0 saturated carbocycles. The van der Waals surface area contributed by atoms with E-state index < -0.39 is 22.0 Å². The number of aryl methyl sites for hydroxylation is 2. The van der Waals surface area contributed by atoms with Crippen molar-refractivity contribution >= 4 is 27.6 Å². The molecule has 0 aliphatic carbocycles. The van der Waals surface area contributed by atoms with Crippen LogP contribution in [0.3, 0.4) is 0 Å². The molecule has 0 aliphatic rings. The Hall–Kier alpha value is -3.07. The van der Waals surface area contributed by atoms with Crippen LogP contribution in [0.1, 0.15) is 31.8 Å². The van der Waals surface area contributed by atoms with Crippen LogP contribution in [-0.4, -0.2) is 41.7 Å². The maximum atomic E-state index is 13.0. The molecular formula is C19H21NO7S. The van der Waals surface area contributed by atoms with Gasteiger partial charge in [0.1, 0.15) is 5.75 Å². The number of carbonyl (C=O) groups is 2. The van der Waals surface area contributed by atoms with Gasteiger partial charge in [-0.1, -0.05) is 0 Å². The average Bonchev–Trinajstić information content (AvgIpc) is 2.67. The van der Waals surface area contributed by atoms with Crippen LogP contribution in [0.25, 0.3) is 0 Å². The summed E-state index contributed by atoms with van der Waals surface area (Å²) in [5, 5.41) is 0. The third kappa shape index (κ3) is 4.25. The third-order valence-electron chi connectivity index (χ3n) is 4.07. The van der Waals surface area contributed by atoms with Gasteiger partial charge < -0.3 is 14.2 Å². The number of anilines is 1. The van der Waals surface area contributed by atoms with Crippen molar-refractivity contribution in [1.82, 2.24) is 0 Å². The molecule has 0 unspecified atom stereocenters. The highest BCUT2D eigenvalue weighted by Gasteiger charge is 2.23. The van der Waals surface area contributed by atoms with E-state index in [1.807, 2.05) is 0 Å². The molecule has 1 N–H and O–H groups in total. The lowest BCUT2D eigenvalue weighted by Gasteiger charge is -2.15. The highest BCUT2D eigenvalue weighted by Crippen LogP contribution is 2.28. The molecule has 150 valence electrons. The summed E-state index contributed by atoms with van der Waals surface area (Å²) in [6, 6.07) is 6.94. The average molecular weight is 407 g/mol. The Bertz CT molecular complexity index is 1030. The van der Waals surface area contributed by atoms with Gasteiger partial charge in [-0.25, -0.2) is 18.0 Å². The molecule has 2 aromatic rings. The zero-order valence-electron chi connectivity index (χ0n) is 16.2. The molecule has 2 aromatic carbocycles. The van der Waals surface area contributed by atoms with Gasteiger partial charge in [0, 0.05) is 0 Å². The first kappa shape index (κ1) is 21.2. The summed E-state index contributed by atoms with van der Waals surface area (Å²) in [6.45, 7) is 3.34. The fraction of sp³-hybridized carbons (Fsp3) is 0.263. The second-order valence-electron chi connectivity index (χ2n) is 5.94. The first-order valence-electron chi connectivity index (χ1n) is 8.13. The van der Waals surface area contributed by atoms with E-state index in [-0.39, 0.29) is 21.7 Å². The number of ether oxygens (including phenoxy) is 3. The van der Waals surface area contributed by atoms with Crippen LogP contribution in [0.15, 0.2) is 35.2 Å². The summed E-state index contributed by atoms with van der Waals surface area (Å²) in [5.41, 5.74) is 1.03. The van der Waals surface area contributed by atoms with Crippen LogP contribution in [-0.2, 0) is 19.5 Å². The van der Waals surface area contributed by atoms with Crippen molar-refractivity contribution in [2.45, 2.75) is 18.7 Å². The normalized spacial score (nSPS) is 10.9. The topological polar surface area (TPSA) is 108 Å². The zero-order chi connectivity index (χ0) is 21.1. The van der Waals surface area contributed by atoms with Crippen LogP contribution in [0.4, 0.5) is 5.69 Å². The van der Waals surface area contributed by atoms with E-state index in [4.69, 9.17) is 9.47 Å². The lowest BCUT2D eigenvalue weighted by atomic mass is 10.1. The molecule has 0 radical (unpaired) electrons. The summed E-state index contributed by atoms with van der Waals surface area (Å²) in [4.78, 5) is 23.8. The van der Waals surface area contributed by atoms with E-state index in [1.54, 1.807) is 19.9 Å². The minimum Gasteiger partial charge on any atom is -0.496 e. The molecule has 0 amide bonds. The van der Waals surface area contributed by atoms with Gasteiger partial charge in [0.15, 0.2) is 0 Å². The van der Waals surface area contributed by atoms with Crippen LogP contribution in [0, 0.1) is 13.8 Å². The van der Waals surface area contributed by atoms with Gasteiger partial charge in [-0.05, 0) is 55.3 Å². The fourth-order valence-corrected chi connectivity index (χ4v) is 4.02. The van der Waals surface area contributed by atoms with Crippen molar-refractivity contribution in [3.8, 4) is 5.75 Å². The van der Waals surface area contributed by atoms with E-state index in [9.17, 15) is 18.0 Å². The minimum absolute atomic E-state index is 0.0186. The molecule has 0 heterocycles. The second-order valence-corrected chi connectivity index (χ2v) is 7.59. The standard InChI is InChI=1S/C19H21NO7S/c1-11-9-17(12(2)8-16(11)25-3)28(23,24)20-15-10-13(18(21)26-4)6-7-14(15)19(22)27-5/h6-10,20H,1-5H3. The Morgan fingerprint density at radius 3 is 2.11 bits per heavy atom. The summed E-state index contributed by atoms with van der Waals surface area (Å²) in [7, 11) is -0.204. The van der Waals surface area contributed by atoms with Gasteiger partial charge in [0.05, 0.1) is 43.0 Å². The quantitative estimate of drug-likeness (QED) is 0.734. The minimum atomic E-state index is -4.07. The number of rotatable bonds is 6. The van der Waals surface area contributed by atoms with Crippen molar-refractivity contribution in [3.05, 3.63) is 52.6 Å². The van der Waals surface area contributed by atoms with Crippen LogP contribution in [0.5, 0.6) is 5.75 Å². The summed E-state index contributed by atoms with van der Waals surface area (Å²) >= 11 is 0. The molecule has 0 saturated heterocycles. The first-order valence-corrected chi connectivity index (χ1v) is 9.61. The molecule has 0 spiro atoms. The molecule has 2 rings (SSSR count). The predicted molar refractivity (Wildman–Crippen MR) is 102 cm³/mol. The second kappa shape index (κ2) is 8.30. The lowest BCUT2D eigenvalue weighted by Crippen LogP contribution is -2.18. The number of benzene rings is 2. The van der Waals surface area contributed by atoms with Crippen molar-refractivity contribution in [1.29, 1.82) is 0 Å². The largest absolute Gasteiger partial charge is 0.496 e. The molecule has 28 heavy (non-hydrogen) atoms. The Morgan fingerprint density at radius 1 is 0.893 bits per heavy atom. The van der Waals surface area contributed by atoms with Crippen molar-refractivity contribution in [2.24, 2.45) is 0 Å². The van der Waals surface area contributed by atoms with E-state index in [2.05, 4.69) is 9.46 Å². The van der Waals surface area contributed by atoms with E-state index >= 15 is 0 Å². The summed E-state index contributed by atoms with van der Waals surface area (Å²) in [6.07, 6.45) is 0. The van der Waals surface area contributed by atoms with E-state index in [1.165, 1.54) is 45.6 Å². The van der Waals surface area contributed by atoms with Gasteiger partial charge in [-0.15, -0.1) is 0 Å². The van der Waals surface area contributed by atoms with Gasteiger partial charge in [-0.3, -0.25) is 4.72 Å². The molecular weight excluding hydrogens is 386 g/mol. The number of sulfonamides is 1. The number of nitrogens with one attached hydrogen (secondary N) is 1. The van der Waals surface area contributed by atoms with Gasteiger partial charge in [0.2, 0.25) is 0 Å². The van der Waals surface area contributed by atoms with Gasteiger partial charge in [0.25, 0.3) is 10.0 Å². The third-order valence-corrected chi connectivity index (χ3v) is 5.58. The van der Waals surface area contributed by atoms with E-state index in [0.717, 1.165) is 0 Å². The Kier molecular flexibility index (Phi) is 6.30. The molecule has 0 fully saturated rings.